The van der Waals surface area contributed by atoms with Crippen molar-refractivity contribution in [3.63, 3.8) is 0 Å². The molecule has 6 heteroatoms. The number of carbonyl (C=O) groups excluding carboxylic acids is 3. The Morgan fingerprint density at radius 3 is 2.37 bits per heavy atom. The van der Waals surface area contributed by atoms with Crippen LogP contribution in [0.3, 0.4) is 0 Å². The number of ether oxygens (including phenoxy) is 2. The van der Waals surface area contributed by atoms with Crippen molar-refractivity contribution in [2.24, 2.45) is 0 Å². The Morgan fingerprint density at radius 2 is 1.74 bits per heavy atom. The summed E-state index contributed by atoms with van der Waals surface area (Å²) < 4.78 is 10.9. The molecule has 0 aliphatic heterocycles. The lowest BCUT2D eigenvalue weighted by molar-refractivity contribution is -0.160. The lowest BCUT2D eigenvalue weighted by atomic mass is 10.1. The van der Waals surface area contributed by atoms with E-state index >= 15 is 0 Å². The largest absolute Gasteiger partial charge is 0.479 e. The highest BCUT2D eigenvalue weighted by Gasteiger charge is 2.25. The zero-order valence-electron chi connectivity index (χ0n) is 15.6. The Kier molecular flexibility index (Phi) is 7.11. The summed E-state index contributed by atoms with van der Waals surface area (Å²) in [5.74, 6) is -0.644. The third kappa shape index (κ3) is 5.95. The van der Waals surface area contributed by atoms with Crippen molar-refractivity contribution in [1.82, 2.24) is 0 Å². The second-order valence-corrected chi connectivity index (χ2v) is 6.03. The van der Waals surface area contributed by atoms with Crippen LogP contribution >= 0.6 is 0 Å². The Bertz CT molecular complexity index is 803. The van der Waals surface area contributed by atoms with E-state index in [1.165, 1.54) is 13.8 Å². The van der Waals surface area contributed by atoms with Crippen LogP contribution in [-0.2, 0) is 14.3 Å². The zero-order valence-corrected chi connectivity index (χ0v) is 15.6. The first-order valence-electron chi connectivity index (χ1n) is 8.74. The standard InChI is InChI=1S/C21H23NO5/c1-4-19(27-18-11-6-5-7-12-18)21(25)26-15(3)20(24)22-17-10-8-9-16(13-17)14(2)23/h5-13,15,19H,4H2,1-3H3,(H,22,24)/t15-,19-/m1/s1. The van der Waals surface area contributed by atoms with Gasteiger partial charge in [0.25, 0.3) is 5.91 Å². The van der Waals surface area contributed by atoms with Gasteiger partial charge in [0.2, 0.25) is 0 Å². The molecule has 0 fully saturated rings. The van der Waals surface area contributed by atoms with Gasteiger partial charge in [-0.1, -0.05) is 37.3 Å². The van der Waals surface area contributed by atoms with Gasteiger partial charge in [-0.3, -0.25) is 9.59 Å². The number of hydrogen-bond acceptors (Lipinski definition) is 5. The normalized spacial score (nSPS) is 12.6. The second kappa shape index (κ2) is 9.52. The van der Waals surface area contributed by atoms with Crippen LogP contribution in [0.5, 0.6) is 5.75 Å². The molecule has 0 aliphatic carbocycles. The van der Waals surface area contributed by atoms with E-state index in [0.29, 0.717) is 23.4 Å². The van der Waals surface area contributed by atoms with E-state index in [1.807, 2.05) is 6.07 Å². The molecule has 6 nitrogen and oxygen atoms in total. The summed E-state index contributed by atoms with van der Waals surface area (Å²) in [6.07, 6.45) is -1.40. The molecular weight excluding hydrogens is 346 g/mol. The maximum absolute atomic E-state index is 12.3. The third-order valence-electron chi connectivity index (χ3n) is 3.85. The van der Waals surface area contributed by atoms with E-state index in [9.17, 15) is 14.4 Å². The molecule has 0 heterocycles. The fourth-order valence-corrected chi connectivity index (χ4v) is 2.32. The number of ketones is 1. The average Bonchev–Trinajstić information content (AvgIpc) is 2.66. The van der Waals surface area contributed by atoms with Gasteiger partial charge in [0.05, 0.1) is 0 Å². The van der Waals surface area contributed by atoms with Gasteiger partial charge < -0.3 is 14.8 Å². The highest BCUT2D eigenvalue weighted by Crippen LogP contribution is 2.15. The molecule has 0 saturated heterocycles. The number of Topliss-reactive ketones (excluding diaryl/α,β-unsaturated/α-hetero) is 1. The Morgan fingerprint density at radius 1 is 1.04 bits per heavy atom. The van der Waals surface area contributed by atoms with Crippen LogP contribution < -0.4 is 10.1 Å². The molecule has 2 aromatic carbocycles. The summed E-state index contributed by atoms with van der Waals surface area (Å²) >= 11 is 0. The molecule has 0 radical (unpaired) electrons. The van der Waals surface area contributed by atoms with Crippen LogP contribution in [0.15, 0.2) is 54.6 Å². The molecular formula is C21H23NO5. The molecule has 2 rings (SSSR count). The van der Waals surface area contributed by atoms with Crippen molar-refractivity contribution >= 4 is 23.3 Å². The van der Waals surface area contributed by atoms with Crippen molar-refractivity contribution in [1.29, 1.82) is 0 Å². The van der Waals surface area contributed by atoms with Crippen LogP contribution in [0.2, 0.25) is 0 Å². The SMILES string of the molecule is CC[C@@H](Oc1ccccc1)C(=O)O[C@H](C)C(=O)Nc1cccc(C(C)=O)c1. The molecule has 2 aromatic rings. The van der Waals surface area contributed by atoms with Gasteiger partial charge in [-0.25, -0.2) is 4.79 Å². The average molecular weight is 369 g/mol. The number of amides is 1. The zero-order chi connectivity index (χ0) is 19.8. The van der Waals surface area contributed by atoms with Crippen LogP contribution in [0.1, 0.15) is 37.6 Å². The van der Waals surface area contributed by atoms with E-state index in [1.54, 1.807) is 55.5 Å². The van der Waals surface area contributed by atoms with E-state index in [4.69, 9.17) is 9.47 Å². The van der Waals surface area contributed by atoms with Crippen molar-refractivity contribution in [3.05, 3.63) is 60.2 Å². The first-order valence-corrected chi connectivity index (χ1v) is 8.74. The molecule has 0 aliphatic rings. The summed E-state index contributed by atoms with van der Waals surface area (Å²) in [5, 5.41) is 2.64. The molecule has 1 amide bonds. The maximum Gasteiger partial charge on any atom is 0.348 e. The van der Waals surface area contributed by atoms with Crippen LogP contribution in [-0.4, -0.2) is 29.9 Å². The van der Waals surface area contributed by atoms with Crippen molar-refractivity contribution in [2.75, 3.05) is 5.32 Å². The van der Waals surface area contributed by atoms with Gasteiger partial charge in [0, 0.05) is 11.3 Å². The minimum atomic E-state index is -1.01. The van der Waals surface area contributed by atoms with Crippen molar-refractivity contribution < 1.29 is 23.9 Å². The lowest BCUT2D eigenvalue weighted by Gasteiger charge is -2.19. The van der Waals surface area contributed by atoms with E-state index < -0.39 is 24.1 Å². The predicted molar refractivity (Wildman–Crippen MR) is 102 cm³/mol. The van der Waals surface area contributed by atoms with E-state index in [2.05, 4.69) is 5.32 Å². The minimum Gasteiger partial charge on any atom is -0.479 e. The van der Waals surface area contributed by atoms with Crippen LogP contribution in [0.25, 0.3) is 0 Å². The summed E-state index contributed by atoms with van der Waals surface area (Å²) in [5.41, 5.74) is 0.947. The quantitative estimate of drug-likeness (QED) is 0.568. The van der Waals surface area contributed by atoms with Gasteiger partial charge in [-0.05, 0) is 44.5 Å². The smallest absolute Gasteiger partial charge is 0.348 e. The van der Waals surface area contributed by atoms with E-state index in [0.717, 1.165) is 0 Å². The van der Waals surface area contributed by atoms with Crippen LogP contribution in [0, 0.1) is 0 Å². The minimum absolute atomic E-state index is 0.102. The summed E-state index contributed by atoms with van der Waals surface area (Å²) in [4.78, 5) is 36.0. The van der Waals surface area contributed by atoms with Crippen LogP contribution in [0.4, 0.5) is 5.69 Å². The van der Waals surface area contributed by atoms with Gasteiger partial charge in [0.1, 0.15) is 5.75 Å². The Balaban J connectivity index is 1.95. The molecule has 27 heavy (non-hydrogen) atoms. The number of benzene rings is 2. The van der Waals surface area contributed by atoms with Gasteiger partial charge >= 0.3 is 5.97 Å². The molecule has 142 valence electrons. The molecule has 0 saturated carbocycles. The molecule has 0 bridgehead atoms. The second-order valence-electron chi connectivity index (χ2n) is 6.03. The van der Waals surface area contributed by atoms with E-state index in [-0.39, 0.29) is 5.78 Å². The summed E-state index contributed by atoms with van der Waals surface area (Å²) in [7, 11) is 0. The predicted octanol–water partition coefficient (Wildman–Crippen LogP) is 3.62. The maximum atomic E-state index is 12.3. The highest BCUT2D eigenvalue weighted by atomic mass is 16.6. The number of para-hydroxylation sites is 1. The van der Waals surface area contributed by atoms with Crippen molar-refractivity contribution in [2.45, 2.75) is 39.4 Å². The molecule has 2 atom stereocenters. The third-order valence-corrected chi connectivity index (χ3v) is 3.85. The molecule has 1 N–H and O–H groups in total. The Hall–Kier alpha value is -3.15. The Labute approximate surface area is 158 Å². The first-order chi connectivity index (χ1) is 12.9. The van der Waals surface area contributed by atoms with Gasteiger partial charge in [0.15, 0.2) is 18.0 Å². The monoisotopic (exact) mass is 369 g/mol. The highest BCUT2D eigenvalue weighted by molar-refractivity contribution is 5.98. The number of esters is 1. The topological polar surface area (TPSA) is 81.7 Å². The molecule has 0 spiro atoms. The fraction of sp³-hybridized carbons (Fsp3) is 0.286. The number of rotatable bonds is 8. The first kappa shape index (κ1) is 20.2. The van der Waals surface area contributed by atoms with Gasteiger partial charge in [-0.2, -0.15) is 0 Å². The van der Waals surface area contributed by atoms with Crippen molar-refractivity contribution in [3.8, 4) is 5.75 Å². The fourth-order valence-electron chi connectivity index (χ4n) is 2.32. The lowest BCUT2D eigenvalue weighted by Crippen LogP contribution is -2.36. The summed E-state index contributed by atoms with van der Waals surface area (Å²) in [6, 6.07) is 15.5. The number of carbonyl (C=O) groups is 3. The number of anilines is 1. The van der Waals surface area contributed by atoms with Gasteiger partial charge in [-0.15, -0.1) is 0 Å². The molecule has 0 aromatic heterocycles. The number of nitrogens with one attached hydrogen (secondary N) is 1. The summed E-state index contributed by atoms with van der Waals surface area (Å²) in [6.45, 7) is 4.73. The number of hydrogen-bond donors (Lipinski definition) is 1. The molecule has 0 unspecified atom stereocenters.